The molecular formula is C34H32IrN2SSi-2. The first-order valence-corrected chi connectivity index (χ1v) is 17.3. The van der Waals surface area contributed by atoms with Gasteiger partial charge in [0.2, 0.25) is 0 Å². The second kappa shape index (κ2) is 12.5. The molecule has 39 heavy (non-hydrogen) atoms. The summed E-state index contributed by atoms with van der Waals surface area (Å²) >= 11 is 1.86. The van der Waals surface area contributed by atoms with Crippen LogP contribution in [-0.2, 0) is 20.1 Å². The fraction of sp³-hybridized carbons (Fsp3) is 0.176. The summed E-state index contributed by atoms with van der Waals surface area (Å²) in [6.45, 7) is 11.6. The molecule has 0 N–H and O–H groups in total. The van der Waals surface area contributed by atoms with Gasteiger partial charge in [-0.2, -0.15) is 11.3 Å². The first-order chi connectivity index (χ1) is 18.3. The van der Waals surface area contributed by atoms with Gasteiger partial charge in [-0.15, -0.1) is 59.7 Å². The molecule has 0 unspecified atom stereocenters. The van der Waals surface area contributed by atoms with Gasteiger partial charge in [-0.25, -0.2) is 0 Å². The van der Waals surface area contributed by atoms with E-state index in [1.165, 1.54) is 30.9 Å². The standard InChI is InChI=1S/C20H18NSSi.C14H14N.Ir/c1-23(2,3)14-10-11-15-16-7-6-8-17(18-9-4-5-12-21-18)20(16)22-19(15)13-14;1-11(2)13-8-9-15-14(10-13)12-6-4-3-5-7-12;/h4-7,9-13H,1-3H3;3-6,8-11H,1-2H3;/q2*-1;. The maximum absolute atomic E-state index is 4.51. The van der Waals surface area contributed by atoms with Crippen LogP contribution in [0.3, 0.4) is 0 Å². The van der Waals surface area contributed by atoms with Crippen LogP contribution in [0.15, 0.2) is 97.3 Å². The van der Waals surface area contributed by atoms with Crippen molar-refractivity contribution in [3.63, 3.8) is 0 Å². The number of nitrogens with zero attached hydrogens (tertiary/aromatic N) is 2. The fourth-order valence-electron chi connectivity index (χ4n) is 4.41. The summed E-state index contributed by atoms with van der Waals surface area (Å²) in [5, 5.41) is 4.17. The van der Waals surface area contributed by atoms with Gasteiger partial charge in [-0.3, -0.25) is 0 Å². The van der Waals surface area contributed by atoms with Gasteiger partial charge in [0.05, 0.1) is 8.07 Å². The first-order valence-electron chi connectivity index (χ1n) is 13.0. The van der Waals surface area contributed by atoms with Crippen LogP contribution in [0.5, 0.6) is 0 Å². The summed E-state index contributed by atoms with van der Waals surface area (Å²) in [4.78, 5) is 8.87. The predicted molar refractivity (Wildman–Crippen MR) is 167 cm³/mol. The van der Waals surface area contributed by atoms with E-state index in [-0.39, 0.29) is 20.1 Å². The molecule has 3 heterocycles. The molecule has 6 rings (SSSR count). The smallest absolute Gasteiger partial charge is 0.0776 e. The van der Waals surface area contributed by atoms with Gasteiger partial charge in [0.15, 0.2) is 0 Å². The summed E-state index contributed by atoms with van der Waals surface area (Å²) in [5.41, 5.74) is 5.48. The Balaban J connectivity index is 0.000000192. The number of hydrogen-bond donors (Lipinski definition) is 0. The molecule has 2 nitrogen and oxygen atoms in total. The fourth-order valence-corrected chi connectivity index (χ4v) is 6.93. The molecule has 0 amide bonds. The van der Waals surface area contributed by atoms with E-state index >= 15 is 0 Å². The third-order valence-electron chi connectivity index (χ3n) is 6.66. The Kier molecular flexibility index (Phi) is 9.29. The van der Waals surface area contributed by atoms with Crippen molar-refractivity contribution < 1.29 is 20.1 Å². The molecule has 1 radical (unpaired) electrons. The summed E-state index contributed by atoms with van der Waals surface area (Å²) < 4.78 is 2.66. The zero-order chi connectivity index (χ0) is 26.7. The molecule has 0 aliphatic heterocycles. The minimum absolute atomic E-state index is 0. The monoisotopic (exact) mass is 721 g/mol. The number of fused-ring (bicyclic) bond motifs is 3. The van der Waals surface area contributed by atoms with Crippen molar-refractivity contribution in [1.29, 1.82) is 0 Å². The topological polar surface area (TPSA) is 25.8 Å². The van der Waals surface area contributed by atoms with Crippen LogP contribution in [0, 0.1) is 12.1 Å². The second-order valence-corrected chi connectivity index (χ2v) is 16.9. The van der Waals surface area contributed by atoms with Gasteiger partial charge in [0, 0.05) is 37.2 Å². The zero-order valence-corrected chi connectivity index (χ0v) is 27.2. The molecule has 3 aromatic heterocycles. The Morgan fingerprint density at radius 2 is 1.54 bits per heavy atom. The average Bonchev–Trinajstić information content (AvgIpc) is 3.32. The third kappa shape index (κ3) is 6.62. The van der Waals surface area contributed by atoms with Crippen LogP contribution in [-0.4, -0.2) is 18.0 Å². The Hall–Kier alpha value is -2.95. The van der Waals surface area contributed by atoms with Crippen molar-refractivity contribution in [3.8, 4) is 22.5 Å². The van der Waals surface area contributed by atoms with Crippen molar-refractivity contribution in [2.45, 2.75) is 39.4 Å². The summed E-state index contributed by atoms with van der Waals surface area (Å²) in [5.74, 6) is 0.537. The van der Waals surface area contributed by atoms with Crippen LogP contribution in [0.1, 0.15) is 25.3 Å². The molecule has 0 saturated carbocycles. The molecule has 6 aromatic rings. The molecule has 0 aliphatic rings. The number of thiophene rings is 1. The molecule has 0 atom stereocenters. The first kappa shape index (κ1) is 29.0. The predicted octanol–water partition coefficient (Wildman–Crippen LogP) is 9.13. The van der Waals surface area contributed by atoms with Crippen LogP contribution in [0.25, 0.3) is 42.7 Å². The minimum atomic E-state index is -1.29. The SMILES string of the molecule is CC(C)c1ccnc(-c2[c-]cccc2)c1.C[Si](C)(C)c1ccc2c(c1)sc1c(-c3ccccn3)[c-]ccc12.[Ir]. The molecule has 3 aromatic carbocycles. The van der Waals surface area contributed by atoms with Gasteiger partial charge in [0.1, 0.15) is 0 Å². The van der Waals surface area contributed by atoms with Crippen molar-refractivity contribution in [1.82, 2.24) is 9.97 Å². The number of hydrogen-bond acceptors (Lipinski definition) is 3. The molecule has 0 aliphatic carbocycles. The minimum Gasteiger partial charge on any atom is -0.305 e. The van der Waals surface area contributed by atoms with E-state index in [2.05, 4.69) is 98.1 Å². The average molecular weight is 721 g/mol. The number of pyridine rings is 2. The van der Waals surface area contributed by atoms with Crippen molar-refractivity contribution in [2.75, 3.05) is 0 Å². The third-order valence-corrected chi connectivity index (χ3v) is 9.88. The van der Waals surface area contributed by atoms with Crippen LogP contribution >= 0.6 is 11.3 Å². The number of benzene rings is 3. The molecular weight excluding hydrogens is 689 g/mol. The maximum Gasteiger partial charge on any atom is 0.0776 e. The Morgan fingerprint density at radius 1 is 0.744 bits per heavy atom. The summed E-state index contributed by atoms with van der Waals surface area (Å²) in [6.07, 6.45) is 3.71. The Morgan fingerprint density at radius 3 is 2.23 bits per heavy atom. The van der Waals surface area contributed by atoms with Crippen molar-refractivity contribution in [2.24, 2.45) is 0 Å². The van der Waals surface area contributed by atoms with Crippen LogP contribution < -0.4 is 5.19 Å². The van der Waals surface area contributed by atoms with E-state index in [1.807, 2.05) is 66.2 Å². The maximum atomic E-state index is 4.51. The second-order valence-electron chi connectivity index (χ2n) is 10.8. The van der Waals surface area contributed by atoms with Crippen molar-refractivity contribution in [3.05, 3.63) is 115 Å². The van der Waals surface area contributed by atoms with E-state index in [0.717, 1.165) is 22.5 Å². The number of aromatic nitrogens is 2. The Bertz CT molecular complexity index is 1670. The van der Waals surface area contributed by atoms with Crippen LogP contribution in [0.4, 0.5) is 0 Å². The van der Waals surface area contributed by atoms with E-state index in [0.29, 0.717) is 5.92 Å². The Labute approximate surface area is 250 Å². The van der Waals surface area contributed by atoms with Gasteiger partial charge < -0.3 is 9.97 Å². The molecule has 199 valence electrons. The van der Waals surface area contributed by atoms with Gasteiger partial charge >= 0.3 is 0 Å². The van der Waals surface area contributed by atoms with Crippen molar-refractivity contribution >= 4 is 44.8 Å². The number of rotatable bonds is 4. The molecule has 0 bridgehead atoms. The molecule has 0 fully saturated rings. The largest absolute Gasteiger partial charge is 0.305 e. The zero-order valence-electron chi connectivity index (χ0n) is 23.0. The summed E-state index contributed by atoms with van der Waals surface area (Å²) in [7, 11) is -1.29. The summed E-state index contributed by atoms with van der Waals surface area (Å²) in [6, 6.07) is 36.0. The van der Waals surface area contributed by atoms with E-state index in [9.17, 15) is 0 Å². The van der Waals surface area contributed by atoms with E-state index < -0.39 is 8.07 Å². The molecule has 5 heteroatoms. The van der Waals surface area contributed by atoms with Gasteiger partial charge in [0.25, 0.3) is 0 Å². The quantitative estimate of drug-likeness (QED) is 0.134. The van der Waals surface area contributed by atoms with E-state index in [1.54, 1.807) is 0 Å². The van der Waals surface area contributed by atoms with E-state index in [4.69, 9.17) is 0 Å². The normalized spacial score (nSPS) is 11.2. The molecule has 0 saturated heterocycles. The van der Waals surface area contributed by atoms with Crippen LogP contribution in [0.2, 0.25) is 19.6 Å². The van der Waals surface area contributed by atoms with Gasteiger partial charge in [-0.1, -0.05) is 80.0 Å². The van der Waals surface area contributed by atoms with Gasteiger partial charge in [-0.05, 0) is 45.6 Å². The molecule has 0 spiro atoms.